The van der Waals surface area contributed by atoms with E-state index < -0.39 is 12.3 Å². The molecule has 9 nitrogen and oxygen atoms in total. The maximum absolute atomic E-state index is 13.6. The fourth-order valence-electron chi connectivity index (χ4n) is 5.55. The molecule has 12 heteroatoms. The number of ether oxygens (including phenoxy) is 1. The summed E-state index contributed by atoms with van der Waals surface area (Å²) >= 11 is 0.743. The second-order valence-electron chi connectivity index (χ2n) is 13.4. The SMILES string of the molecule is C[C@H](NCc1ccc2c(c1)nc(NC(=O)c1ccc(C(F)F)s1)n2C[C@H]1CCCN1C(=O)/C(C#N)=C/C1(C)COC1)C(C)(C)C. The maximum atomic E-state index is 13.6. The standard InChI is InChI=1S/C33H40F2N6O3S/c1-20(32(2,3)4)37-16-21-8-9-25-24(13-21)38-31(39-29(42)27-11-10-26(45-27)28(34)35)41(25)17-23-7-6-12-40(23)30(43)22(15-36)14-33(5)18-44-19-33/h8-11,13-14,20,23,28,37H,6-7,12,16-19H2,1-5H3,(H,38,39,42)/b22-14+/t20-,23+/m0/s1. The van der Waals surface area contributed by atoms with Gasteiger partial charge in [-0.3, -0.25) is 14.9 Å². The average Bonchev–Trinajstić information content (AvgIpc) is 3.72. The molecule has 0 unspecified atom stereocenters. The van der Waals surface area contributed by atoms with E-state index in [9.17, 15) is 23.6 Å². The number of nitrogens with zero attached hydrogens (tertiary/aromatic N) is 4. The molecule has 5 rings (SSSR count). The third-order valence-corrected chi connectivity index (χ3v) is 9.84. The van der Waals surface area contributed by atoms with Gasteiger partial charge in [-0.15, -0.1) is 11.3 Å². The summed E-state index contributed by atoms with van der Waals surface area (Å²) in [6, 6.07) is 10.7. The van der Waals surface area contributed by atoms with Crippen LogP contribution in [0.5, 0.6) is 0 Å². The van der Waals surface area contributed by atoms with Crippen molar-refractivity contribution in [1.29, 1.82) is 5.26 Å². The summed E-state index contributed by atoms with van der Waals surface area (Å²) in [5, 5.41) is 16.2. The summed E-state index contributed by atoms with van der Waals surface area (Å²) in [6.45, 7) is 13.0. The van der Waals surface area contributed by atoms with Crippen molar-refractivity contribution < 1.29 is 23.1 Å². The van der Waals surface area contributed by atoms with Gasteiger partial charge in [0.25, 0.3) is 18.2 Å². The molecule has 2 aromatic heterocycles. The molecule has 0 aliphatic carbocycles. The molecule has 2 saturated heterocycles. The Labute approximate surface area is 266 Å². The fourth-order valence-corrected chi connectivity index (χ4v) is 6.31. The van der Waals surface area contributed by atoms with Crippen LogP contribution in [0.4, 0.5) is 14.7 Å². The first-order valence-corrected chi connectivity index (χ1v) is 16.0. The second kappa shape index (κ2) is 13.0. The van der Waals surface area contributed by atoms with Gasteiger partial charge in [-0.1, -0.05) is 39.8 Å². The number of benzene rings is 1. The largest absolute Gasteiger partial charge is 0.379 e. The molecular weight excluding hydrogens is 598 g/mol. The summed E-state index contributed by atoms with van der Waals surface area (Å²) < 4.78 is 33.6. The van der Waals surface area contributed by atoms with Crippen LogP contribution in [0, 0.1) is 22.2 Å². The summed E-state index contributed by atoms with van der Waals surface area (Å²) in [5.74, 6) is -0.582. The van der Waals surface area contributed by atoms with Crippen LogP contribution < -0.4 is 10.6 Å². The van der Waals surface area contributed by atoms with Gasteiger partial charge in [-0.2, -0.15) is 5.26 Å². The van der Waals surface area contributed by atoms with Crippen LogP contribution in [-0.2, 0) is 22.6 Å². The number of carbonyl (C=O) groups excluding carboxylic acids is 2. The molecule has 0 radical (unpaired) electrons. The molecule has 2 aliphatic rings. The number of anilines is 1. The zero-order valence-electron chi connectivity index (χ0n) is 26.3. The second-order valence-corrected chi connectivity index (χ2v) is 14.5. The Hall–Kier alpha value is -3.66. The minimum absolute atomic E-state index is 0.0870. The molecule has 2 fully saturated rings. The van der Waals surface area contributed by atoms with Crippen LogP contribution in [0.2, 0.25) is 0 Å². The molecular formula is C33H40F2N6O3S. The van der Waals surface area contributed by atoms with Crippen LogP contribution in [0.3, 0.4) is 0 Å². The predicted octanol–water partition coefficient (Wildman–Crippen LogP) is 6.29. The van der Waals surface area contributed by atoms with E-state index in [-0.39, 0.29) is 50.1 Å². The molecule has 3 aromatic rings. The number of halogens is 2. The first-order valence-electron chi connectivity index (χ1n) is 15.2. The van der Waals surface area contributed by atoms with Gasteiger partial charge in [0.2, 0.25) is 5.95 Å². The normalized spacial score (nSPS) is 19.0. The number of alkyl halides is 2. The monoisotopic (exact) mass is 638 g/mol. The van der Waals surface area contributed by atoms with E-state index in [2.05, 4.69) is 44.4 Å². The van der Waals surface area contributed by atoms with E-state index >= 15 is 0 Å². The fraction of sp³-hybridized carbons (Fsp3) is 0.515. The van der Waals surface area contributed by atoms with Crippen LogP contribution >= 0.6 is 11.3 Å². The number of nitrogens with one attached hydrogen (secondary N) is 2. The van der Waals surface area contributed by atoms with E-state index in [4.69, 9.17) is 9.72 Å². The Balaban J connectivity index is 1.44. The van der Waals surface area contributed by atoms with Gasteiger partial charge >= 0.3 is 0 Å². The number of rotatable bonds is 10. The number of thiophene rings is 1. The van der Waals surface area contributed by atoms with Gasteiger partial charge < -0.3 is 19.5 Å². The number of aromatic nitrogens is 2. The van der Waals surface area contributed by atoms with Crippen molar-refractivity contribution in [3.05, 3.63) is 57.3 Å². The highest BCUT2D eigenvalue weighted by atomic mass is 32.1. The van der Waals surface area contributed by atoms with Gasteiger partial charge in [0.05, 0.1) is 40.0 Å². The van der Waals surface area contributed by atoms with Crippen molar-refractivity contribution in [3.63, 3.8) is 0 Å². The van der Waals surface area contributed by atoms with Crippen LogP contribution in [0.15, 0.2) is 42.0 Å². The van der Waals surface area contributed by atoms with Crippen molar-refractivity contribution in [3.8, 4) is 6.07 Å². The van der Waals surface area contributed by atoms with Crippen molar-refractivity contribution in [2.75, 3.05) is 25.1 Å². The summed E-state index contributed by atoms with van der Waals surface area (Å²) in [7, 11) is 0. The number of amides is 2. The summed E-state index contributed by atoms with van der Waals surface area (Å²) in [5.41, 5.74) is 2.31. The van der Waals surface area contributed by atoms with Crippen molar-refractivity contribution in [1.82, 2.24) is 19.8 Å². The third-order valence-electron chi connectivity index (χ3n) is 8.75. The van der Waals surface area contributed by atoms with E-state index in [1.54, 1.807) is 11.0 Å². The lowest BCUT2D eigenvalue weighted by Crippen LogP contribution is -2.41. The smallest absolute Gasteiger partial charge is 0.272 e. The predicted molar refractivity (Wildman–Crippen MR) is 170 cm³/mol. The molecule has 0 bridgehead atoms. The van der Waals surface area contributed by atoms with Gasteiger partial charge in [0.1, 0.15) is 11.6 Å². The topological polar surface area (TPSA) is 112 Å². The number of hydrogen-bond donors (Lipinski definition) is 2. The van der Waals surface area contributed by atoms with E-state index in [1.165, 1.54) is 12.1 Å². The quantitative estimate of drug-likeness (QED) is 0.200. The lowest BCUT2D eigenvalue weighted by atomic mass is 9.86. The van der Waals surface area contributed by atoms with Gasteiger partial charge in [0.15, 0.2) is 0 Å². The Bertz CT molecular complexity index is 1650. The number of hydrogen-bond acceptors (Lipinski definition) is 7. The van der Waals surface area contributed by atoms with Crippen molar-refractivity contribution in [2.24, 2.45) is 10.8 Å². The number of carbonyl (C=O) groups is 2. The van der Waals surface area contributed by atoms with Crippen LogP contribution in [0.25, 0.3) is 11.0 Å². The minimum atomic E-state index is -2.66. The Morgan fingerprint density at radius 1 is 1.27 bits per heavy atom. The van der Waals surface area contributed by atoms with Crippen molar-refractivity contribution >= 4 is 40.1 Å². The first-order chi connectivity index (χ1) is 21.3. The van der Waals surface area contributed by atoms with Crippen molar-refractivity contribution in [2.45, 2.75) is 79.1 Å². The zero-order chi connectivity index (χ0) is 32.5. The number of likely N-dealkylation sites (tertiary alicyclic amines) is 1. The number of fused-ring (bicyclic) bond motifs is 1. The molecule has 1 aromatic carbocycles. The Kier molecular flexibility index (Phi) is 9.44. The first kappa shape index (κ1) is 32.7. The van der Waals surface area contributed by atoms with Crippen LogP contribution in [0.1, 0.15) is 74.0 Å². The molecule has 0 spiro atoms. The number of nitriles is 1. The lowest BCUT2D eigenvalue weighted by molar-refractivity contribution is -0.128. The highest BCUT2D eigenvalue weighted by molar-refractivity contribution is 7.14. The van der Waals surface area contributed by atoms with Gasteiger partial charge in [-0.25, -0.2) is 13.8 Å². The molecule has 2 atom stereocenters. The highest BCUT2D eigenvalue weighted by Crippen LogP contribution is 2.32. The molecule has 2 aliphatic heterocycles. The third kappa shape index (κ3) is 7.27. The Morgan fingerprint density at radius 2 is 2.02 bits per heavy atom. The van der Waals surface area contributed by atoms with Crippen LogP contribution in [-0.4, -0.2) is 58.1 Å². The van der Waals surface area contributed by atoms with E-state index in [1.807, 2.05) is 29.7 Å². The van der Waals surface area contributed by atoms with Gasteiger partial charge in [-0.05, 0) is 55.0 Å². The molecule has 2 amide bonds. The maximum Gasteiger partial charge on any atom is 0.272 e. The lowest BCUT2D eigenvalue weighted by Gasteiger charge is -2.35. The molecule has 4 heterocycles. The summed E-state index contributed by atoms with van der Waals surface area (Å²) in [6.07, 6.45) is 0.550. The summed E-state index contributed by atoms with van der Waals surface area (Å²) in [4.78, 5) is 33.2. The minimum Gasteiger partial charge on any atom is -0.379 e. The molecule has 0 saturated carbocycles. The Morgan fingerprint density at radius 3 is 2.64 bits per heavy atom. The number of imidazole rings is 1. The van der Waals surface area contributed by atoms with E-state index in [0.29, 0.717) is 44.8 Å². The molecule has 240 valence electrons. The zero-order valence-corrected chi connectivity index (χ0v) is 27.1. The molecule has 2 N–H and O–H groups in total. The molecule has 45 heavy (non-hydrogen) atoms. The van der Waals surface area contributed by atoms with E-state index in [0.717, 1.165) is 28.8 Å². The van der Waals surface area contributed by atoms with Gasteiger partial charge in [0, 0.05) is 31.1 Å². The highest BCUT2D eigenvalue weighted by Gasteiger charge is 2.36. The average molecular weight is 639 g/mol.